The maximum Gasteiger partial charge on any atom is 0.357 e. The molecule has 0 atom stereocenters. The number of nitrogens with zero attached hydrogens (tertiary/aromatic N) is 2. The van der Waals surface area contributed by atoms with Crippen LogP contribution in [0.4, 0.5) is 0 Å². The molecule has 1 heterocycles. The van der Waals surface area contributed by atoms with Crippen molar-refractivity contribution in [1.29, 1.82) is 0 Å². The predicted molar refractivity (Wildman–Crippen MR) is 104 cm³/mol. The summed E-state index contributed by atoms with van der Waals surface area (Å²) >= 11 is 0. The first-order valence-electron chi connectivity index (χ1n) is 8.68. The summed E-state index contributed by atoms with van der Waals surface area (Å²) in [4.78, 5) is 25.2. The lowest BCUT2D eigenvalue weighted by Gasteiger charge is -2.08. The lowest BCUT2D eigenvalue weighted by atomic mass is 10.0. The Kier molecular flexibility index (Phi) is 5.94. The molecule has 0 unspecified atom stereocenters. The van der Waals surface area contributed by atoms with Gasteiger partial charge in [-0.25, -0.2) is 14.3 Å². The molecule has 0 amide bonds. The summed E-state index contributed by atoms with van der Waals surface area (Å²) in [6.07, 6.45) is 0. The van der Waals surface area contributed by atoms with E-state index in [-0.39, 0.29) is 23.6 Å². The quantitative estimate of drug-likeness (QED) is 0.639. The Hall–Kier alpha value is -3.65. The number of hydrogen-bond acceptors (Lipinski definition) is 7. The van der Waals surface area contributed by atoms with Gasteiger partial charge in [-0.15, -0.1) is 0 Å². The van der Waals surface area contributed by atoms with Gasteiger partial charge in [-0.3, -0.25) is 0 Å². The number of hydrogen-bond donors (Lipinski definition) is 1. The van der Waals surface area contributed by atoms with Crippen LogP contribution in [0, 0.1) is 0 Å². The zero-order chi connectivity index (χ0) is 21.0. The Morgan fingerprint density at radius 1 is 1.00 bits per heavy atom. The highest BCUT2D eigenvalue weighted by Gasteiger charge is 2.31. The number of esters is 2. The molecular weight excluding hydrogens is 376 g/mol. The molecular formula is C21H20N2O6. The number of ether oxygens (including phenoxy) is 3. The molecule has 29 heavy (non-hydrogen) atoms. The second-order valence-electron chi connectivity index (χ2n) is 5.99. The fourth-order valence-corrected chi connectivity index (χ4v) is 3.01. The van der Waals surface area contributed by atoms with Crippen LogP contribution in [-0.4, -0.2) is 48.2 Å². The molecule has 0 aliphatic carbocycles. The van der Waals surface area contributed by atoms with E-state index in [0.717, 1.165) is 0 Å². The van der Waals surface area contributed by atoms with Crippen LogP contribution in [-0.2, 0) is 16.1 Å². The highest BCUT2D eigenvalue weighted by Crippen LogP contribution is 2.32. The van der Waals surface area contributed by atoms with E-state index in [9.17, 15) is 14.7 Å². The molecule has 150 valence electrons. The lowest BCUT2D eigenvalue weighted by Crippen LogP contribution is -2.15. The van der Waals surface area contributed by atoms with E-state index in [1.54, 1.807) is 42.5 Å². The van der Waals surface area contributed by atoms with Crippen LogP contribution in [0.1, 0.15) is 26.4 Å². The SMILES string of the molecule is COC(=O)c1c(-c2ccc(OC)c(CO)c2)nn(-c2ccccc2)c1C(=O)OC. The van der Waals surface area contributed by atoms with Gasteiger partial charge in [-0.05, 0) is 30.3 Å². The van der Waals surface area contributed by atoms with Gasteiger partial charge in [0.1, 0.15) is 17.0 Å². The molecule has 3 rings (SSSR count). The van der Waals surface area contributed by atoms with Crippen molar-refractivity contribution in [2.24, 2.45) is 0 Å². The third-order valence-corrected chi connectivity index (χ3v) is 4.38. The van der Waals surface area contributed by atoms with Crippen molar-refractivity contribution in [2.45, 2.75) is 6.61 Å². The standard InChI is InChI=1S/C21H20N2O6/c1-27-16-10-9-13(11-14(16)12-24)18-17(20(25)28-2)19(21(26)29-3)23(22-18)15-7-5-4-6-8-15/h4-11,24H,12H2,1-3H3. The van der Waals surface area contributed by atoms with Crippen molar-refractivity contribution in [3.05, 3.63) is 65.4 Å². The van der Waals surface area contributed by atoms with E-state index >= 15 is 0 Å². The number of carbonyl (C=O) groups excluding carboxylic acids is 2. The summed E-state index contributed by atoms with van der Waals surface area (Å²) in [5.41, 5.74) is 1.72. The summed E-state index contributed by atoms with van der Waals surface area (Å²) in [6, 6.07) is 13.9. The van der Waals surface area contributed by atoms with Crippen molar-refractivity contribution in [1.82, 2.24) is 9.78 Å². The van der Waals surface area contributed by atoms with Crippen molar-refractivity contribution in [3.8, 4) is 22.7 Å². The van der Waals surface area contributed by atoms with E-state index < -0.39 is 11.9 Å². The smallest absolute Gasteiger partial charge is 0.357 e. The Morgan fingerprint density at radius 3 is 2.28 bits per heavy atom. The maximum atomic E-state index is 12.6. The van der Waals surface area contributed by atoms with Gasteiger partial charge in [0, 0.05) is 11.1 Å². The molecule has 0 saturated carbocycles. The van der Waals surface area contributed by atoms with Gasteiger partial charge >= 0.3 is 11.9 Å². The van der Waals surface area contributed by atoms with Gasteiger partial charge in [-0.1, -0.05) is 18.2 Å². The summed E-state index contributed by atoms with van der Waals surface area (Å²) in [5, 5.41) is 14.2. The Balaban J connectivity index is 2.33. The van der Waals surface area contributed by atoms with Crippen molar-refractivity contribution < 1.29 is 28.9 Å². The van der Waals surface area contributed by atoms with Gasteiger partial charge in [-0.2, -0.15) is 5.10 Å². The molecule has 1 aromatic heterocycles. The molecule has 0 fully saturated rings. The van der Waals surface area contributed by atoms with Crippen molar-refractivity contribution in [2.75, 3.05) is 21.3 Å². The van der Waals surface area contributed by atoms with Crippen LogP contribution in [0.3, 0.4) is 0 Å². The third-order valence-electron chi connectivity index (χ3n) is 4.38. The van der Waals surface area contributed by atoms with Gasteiger partial charge in [0.05, 0.1) is 33.6 Å². The number of aromatic nitrogens is 2. The van der Waals surface area contributed by atoms with Crippen LogP contribution >= 0.6 is 0 Å². The summed E-state index contributed by atoms with van der Waals surface area (Å²) in [5.74, 6) is -0.973. The summed E-state index contributed by atoms with van der Waals surface area (Å²) in [6.45, 7) is -0.270. The predicted octanol–water partition coefficient (Wildman–Crippen LogP) is 2.61. The fraction of sp³-hybridized carbons (Fsp3) is 0.190. The highest BCUT2D eigenvalue weighted by atomic mass is 16.5. The lowest BCUT2D eigenvalue weighted by molar-refractivity contribution is 0.0549. The number of carbonyl (C=O) groups is 2. The molecule has 0 radical (unpaired) electrons. The van der Waals surface area contributed by atoms with E-state index in [1.165, 1.54) is 26.0 Å². The summed E-state index contributed by atoms with van der Waals surface area (Å²) in [7, 11) is 3.94. The molecule has 3 aromatic rings. The van der Waals surface area contributed by atoms with Crippen molar-refractivity contribution >= 4 is 11.9 Å². The number of benzene rings is 2. The van der Waals surface area contributed by atoms with Crippen molar-refractivity contribution in [3.63, 3.8) is 0 Å². The van der Waals surface area contributed by atoms with Crippen LogP contribution < -0.4 is 4.74 Å². The Labute approximate surface area is 167 Å². The minimum absolute atomic E-state index is 0.0303. The van der Waals surface area contributed by atoms with E-state index in [4.69, 9.17) is 14.2 Å². The van der Waals surface area contributed by atoms with Crippen LogP contribution in [0.25, 0.3) is 16.9 Å². The average molecular weight is 396 g/mol. The number of aliphatic hydroxyl groups excluding tert-OH is 1. The van der Waals surface area contributed by atoms with Crippen LogP contribution in [0.2, 0.25) is 0 Å². The summed E-state index contributed by atoms with van der Waals surface area (Å²) < 4.78 is 16.4. The van der Waals surface area contributed by atoms with Gasteiger partial charge < -0.3 is 19.3 Å². The molecule has 2 aromatic carbocycles. The minimum Gasteiger partial charge on any atom is -0.496 e. The topological polar surface area (TPSA) is 99.9 Å². The molecule has 0 aliphatic heterocycles. The molecule has 0 saturated heterocycles. The number of rotatable bonds is 6. The normalized spacial score (nSPS) is 10.5. The third kappa shape index (κ3) is 3.70. The van der Waals surface area contributed by atoms with E-state index in [1.807, 2.05) is 6.07 Å². The van der Waals surface area contributed by atoms with Gasteiger partial charge in [0.2, 0.25) is 0 Å². The Bertz CT molecular complexity index is 1040. The number of methoxy groups -OCH3 is 3. The zero-order valence-corrected chi connectivity index (χ0v) is 16.2. The Morgan fingerprint density at radius 2 is 1.69 bits per heavy atom. The molecule has 0 bridgehead atoms. The van der Waals surface area contributed by atoms with Gasteiger partial charge in [0.15, 0.2) is 5.69 Å². The monoisotopic (exact) mass is 396 g/mol. The first-order chi connectivity index (χ1) is 14.0. The molecule has 8 nitrogen and oxygen atoms in total. The molecule has 1 N–H and O–H groups in total. The fourth-order valence-electron chi connectivity index (χ4n) is 3.01. The second-order valence-corrected chi connectivity index (χ2v) is 5.99. The van der Waals surface area contributed by atoms with Crippen LogP contribution in [0.15, 0.2) is 48.5 Å². The van der Waals surface area contributed by atoms with E-state index in [2.05, 4.69) is 5.10 Å². The van der Waals surface area contributed by atoms with Gasteiger partial charge in [0.25, 0.3) is 0 Å². The first kappa shape index (κ1) is 20.1. The largest absolute Gasteiger partial charge is 0.496 e. The number of para-hydroxylation sites is 1. The van der Waals surface area contributed by atoms with Crippen LogP contribution in [0.5, 0.6) is 5.75 Å². The minimum atomic E-state index is -0.733. The molecule has 8 heteroatoms. The highest BCUT2D eigenvalue weighted by molar-refractivity contribution is 6.06. The van der Waals surface area contributed by atoms with E-state index in [0.29, 0.717) is 22.6 Å². The maximum absolute atomic E-state index is 12.6. The average Bonchev–Trinajstić information content (AvgIpc) is 3.18. The molecule has 0 spiro atoms. The zero-order valence-electron chi connectivity index (χ0n) is 16.2. The number of aliphatic hydroxyl groups is 1. The first-order valence-corrected chi connectivity index (χ1v) is 8.68. The second kappa shape index (κ2) is 8.57. The molecule has 0 aliphatic rings.